The molecule has 0 saturated carbocycles. The second-order valence-electron chi connectivity index (χ2n) is 6.34. The Morgan fingerprint density at radius 1 is 1.28 bits per heavy atom. The van der Waals surface area contributed by atoms with Crippen molar-refractivity contribution in [3.8, 4) is 0 Å². The lowest BCUT2D eigenvalue weighted by Crippen LogP contribution is -2.42. The van der Waals surface area contributed by atoms with Gasteiger partial charge in [0.05, 0.1) is 12.2 Å². The maximum atomic E-state index is 5.95. The average molecular weight is 363 g/mol. The Morgan fingerprint density at radius 2 is 1.96 bits per heavy atom. The van der Waals surface area contributed by atoms with E-state index in [-0.39, 0.29) is 6.04 Å². The molecule has 136 valence electrons. The molecule has 25 heavy (non-hydrogen) atoms. The molecule has 0 radical (unpaired) electrons. The van der Waals surface area contributed by atoms with Crippen LogP contribution in [0.3, 0.4) is 0 Å². The Morgan fingerprint density at radius 3 is 2.48 bits per heavy atom. The number of aliphatic imine (C=N–C) groups is 1. The monoisotopic (exact) mass is 362 g/mol. The van der Waals surface area contributed by atoms with E-state index in [4.69, 9.17) is 11.6 Å². The second-order valence-corrected chi connectivity index (χ2v) is 6.77. The number of aromatic nitrogens is 2. The molecule has 2 aromatic rings. The Kier molecular flexibility index (Phi) is 6.84. The third-order valence-electron chi connectivity index (χ3n) is 4.09. The van der Waals surface area contributed by atoms with Crippen LogP contribution in [0.5, 0.6) is 0 Å². The molecule has 6 nitrogen and oxygen atoms in total. The Balaban J connectivity index is 1.99. The fraction of sp³-hybridized carbons (Fsp3) is 0.444. The van der Waals surface area contributed by atoms with E-state index in [9.17, 15) is 0 Å². The molecule has 1 N–H and O–H groups in total. The first-order valence-electron chi connectivity index (χ1n) is 8.22. The smallest absolute Gasteiger partial charge is 0.193 e. The first kappa shape index (κ1) is 19.3. The topological polar surface area (TPSA) is 48.7 Å². The van der Waals surface area contributed by atoms with Crippen LogP contribution in [0.15, 0.2) is 41.7 Å². The van der Waals surface area contributed by atoms with Crippen molar-refractivity contribution in [2.24, 2.45) is 12.0 Å². The summed E-state index contributed by atoms with van der Waals surface area (Å²) in [5.74, 6) is 0.852. The number of rotatable bonds is 6. The van der Waals surface area contributed by atoms with E-state index in [2.05, 4.69) is 39.3 Å². The number of nitrogens with one attached hydrogen (secondary N) is 1. The number of benzene rings is 1. The van der Waals surface area contributed by atoms with Crippen LogP contribution in [-0.4, -0.2) is 60.3 Å². The maximum absolute atomic E-state index is 5.95. The van der Waals surface area contributed by atoms with Gasteiger partial charge in [0.2, 0.25) is 0 Å². The summed E-state index contributed by atoms with van der Waals surface area (Å²) < 4.78 is 1.83. The second kappa shape index (κ2) is 8.87. The molecule has 1 heterocycles. The van der Waals surface area contributed by atoms with Crippen molar-refractivity contribution in [3.63, 3.8) is 0 Å². The largest absolute Gasteiger partial charge is 0.354 e. The van der Waals surface area contributed by atoms with Gasteiger partial charge in [-0.1, -0.05) is 23.7 Å². The lowest BCUT2D eigenvalue weighted by Gasteiger charge is -2.27. The van der Waals surface area contributed by atoms with E-state index in [1.807, 2.05) is 55.4 Å². The van der Waals surface area contributed by atoms with Gasteiger partial charge in [-0.15, -0.1) is 0 Å². The van der Waals surface area contributed by atoms with E-state index in [1.165, 1.54) is 11.1 Å². The minimum atomic E-state index is 0.217. The van der Waals surface area contributed by atoms with Gasteiger partial charge in [-0.3, -0.25) is 9.67 Å². The average Bonchev–Trinajstić information content (AvgIpc) is 2.99. The molecular formula is C18H27ClN6. The lowest BCUT2D eigenvalue weighted by atomic mass is 10.1. The van der Waals surface area contributed by atoms with Gasteiger partial charge in [0.15, 0.2) is 5.96 Å². The number of halogens is 1. The van der Waals surface area contributed by atoms with Crippen LogP contribution in [0.25, 0.3) is 0 Å². The Labute approximate surface area is 155 Å². The van der Waals surface area contributed by atoms with E-state index < -0.39 is 0 Å². The van der Waals surface area contributed by atoms with E-state index in [1.54, 1.807) is 7.05 Å². The number of hydrogen-bond donors (Lipinski definition) is 1. The molecule has 0 fully saturated rings. The van der Waals surface area contributed by atoms with Crippen LogP contribution in [-0.2, 0) is 13.6 Å². The minimum absolute atomic E-state index is 0.217. The van der Waals surface area contributed by atoms with Gasteiger partial charge in [0, 0.05) is 51.0 Å². The van der Waals surface area contributed by atoms with Gasteiger partial charge in [0.1, 0.15) is 0 Å². The maximum Gasteiger partial charge on any atom is 0.193 e. The van der Waals surface area contributed by atoms with Crippen molar-refractivity contribution in [1.82, 2.24) is 24.9 Å². The van der Waals surface area contributed by atoms with Gasteiger partial charge in [-0.05, 0) is 31.8 Å². The SMILES string of the molecule is CN=C(NCC(c1cnn(C)c1)N(C)C)N(C)Cc1ccc(Cl)cc1. The number of nitrogens with zero attached hydrogens (tertiary/aromatic N) is 5. The third-order valence-corrected chi connectivity index (χ3v) is 4.34. The van der Waals surface area contributed by atoms with Gasteiger partial charge in [-0.2, -0.15) is 5.10 Å². The summed E-state index contributed by atoms with van der Waals surface area (Å²) in [7, 11) is 9.90. The zero-order chi connectivity index (χ0) is 18.4. The quantitative estimate of drug-likeness (QED) is 0.633. The van der Waals surface area contributed by atoms with Gasteiger partial charge >= 0.3 is 0 Å². The molecule has 1 aromatic heterocycles. The number of likely N-dealkylation sites (N-methyl/N-ethyl adjacent to an activating group) is 1. The van der Waals surface area contributed by atoms with Crippen molar-refractivity contribution in [3.05, 3.63) is 52.8 Å². The predicted molar refractivity (Wildman–Crippen MR) is 104 cm³/mol. The highest BCUT2D eigenvalue weighted by Crippen LogP contribution is 2.16. The lowest BCUT2D eigenvalue weighted by molar-refractivity contribution is 0.295. The molecule has 1 unspecified atom stereocenters. The number of hydrogen-bond acceptors (Lipinski definition) is 3. The summed E-state index contributed by atoms with van der Waals surface area (Å²) in [5, 5.41) is 8.49. The predicted octanol–water partition coefficient (Wildman–Crippen LogP) is 2.38. The van der Waals surface area contributed by atoms with Crippen LogP contribution in [0.2, 0.25) is 5.02 Å². The van der Waals surface area contributed by atoms with Crippen LogP contribution >= 0.6 is 11.6 Å². The fourth-order valence-corrected chi connectivity index (χ4v) is 2.85. The van der Waals surface area contributed by atoms with E-state index >= 15 is 0 Å². The number of aryl methyl sites for hydroxylation is 1. The van der Waals surface area contributed by atoms with Crippen LogP contribution in [0.1, 0.15) is 17.2 Å². The van der Waals surface area contributed by atoms with Crippen molar-refractivity contribution in [1.29, 1.82) is 0 Å². The minimum Gasteiger partial charge on any atom is -0.354 e. The molecular weight excluding hydrogens is 336 g/mol. The molecule has 2 rings (SSSR count). The standard InChI is InChI=1S/C18H27ClN6/c1-20-18(24(4)12-14-6-8-16(19)9-7-14)21-11-17(23(2)3)15-10-22-25(5)13-15/h6-10,13,17H,11-12H2,1-5H3,(H,20,21). The van der Waals surface area contributed by atoms with E-state index in [0.717, 1.165) is 24.1 Å². The molecule has 0 aliphatic carbocycles. The molecule has 1 aromatic carbocycles. The highest BCUT2D eigenvalue weighted by atomic mass is 35.5. The van der Waals surface area contributed by atoms with Gasteiger partial charge in [0.25, 0.3) is 0 Å². The zero-order valence-corrected chi connectivity index (χ0v) is 16.3. The van der Waals surface area contributed by atoms with Crippen molar-refractivity contribution in [2.45, 2.75) is 12.6 Å². The molecule has 0 aliphatic heterocycles. The van der Waals surface area contributed by atoms with Crippen molar-refractivity contribution < 1.29 is 0 Å². The van der Waals surface area contributed by atoms with Crippen molar-refractivity contribution >= 4 is 17.6 Å². The molecule has 0 spiro atoms. The summed E-state index contributed by atoms with van der Waals surface area (Å²) in [4.78, 5) is 8.67. The van der Waals surface area contributed by atoms with Crippen molar-refractivity contribution in [2.75, 3.05) is 34.7 Å². The fourth-order valence-electron chi connectivity index (χ4n) is 2.72. The molecule has 0 bridgehead atoms. The molecule has 7 heteroatoms. The molecule has 1 atom stereocenters. The Hall–Kier alpha value is -2.05. The number of guanidine groups is 1. The van der Waals surface area contributed by atoms with Crippen LogP contribution in [0, 0.1) is 0 Å². The summed E-state index contributed by atoms with van der Waals surface area (Å²) in [6, 6.07) is 8.10. The van der Waals surface area contributed by atoms with Gasteiger partial charge < -0.3 is 15.1 Å². The third kappa shape index (κ3) is 5.47. The zero-order valence-electron chi connectivity index (χ0n) is 15.6. The Bertz CT molecular complexity index is 692. The molecule has 0 aliphatic rings. The summed E-state index contributed by atoms with van der Waals surface area (Å²) >= 11 is 5.95. The normalized spacial score (nSPS) is 13.2. The molecule has 0 saturated heterocycles. The first-order valence-corrected chi connectivity index (χ1v) is 8.59. The summed E-state index contributed by atoms with van der Waals surface area (Å²) in [6.07, 6.45) is 3.96. The summed E-state index contributed by atoms with van der Waals surface area (Å²) in [6.45, 7) is 1.51. The van der Waals surface area contributed by atoms with E-state index in [0.29, 0.717) is 0 Å². The highest BCUT2D eigenvalue weighted by molar-refractivity contribution is 6.30. The summed E-state index contributed by atoms with van der Waals surface area (Å²) in [5.41, 5.74) is 2.36. The van der Waals surface area contributed by atoms with Gasteiger partial charge in [-0.25, -0.2) is 0 Å². The first-order chi connectivity index (χ1) is 11.9. The molecule has 0 amide bonds. The highest BCUT2D eigenvalue weighted by Gasteiger charge is 2.17. The van der Waals surface area contributed by atoms with Crippen LogP contribution in [0.4, 0.5) is 0 Å². The van der Waals surface area contributed by atoms with Crippen LogP contribution < -0.4 is 5.32 Å².